The summed E-state index contributed by atoms with van der Waals surface area (Å²) >= 11 is 0. The molecule has 1 unspecified atom stereocenters. The molecule has 0 spiro atoms. The molecule has 0 heterocycles. The molecule has 0 bridgehead atoms. The maximum absolute atomic E-state index is 5.89. The van der Waals surface area contributed by atoms with Gasteiger partial charge in [0.15, 0.2) is 11.5 Å². The van der Waals surface area contributed by atoms with Crippen LogP contribution in [0.4, 0.5) is 0 Å². The van der Waals surface area contributed by atoms with Crippen molar-refractivity contribution < 1.29 is 14.2 Å². The van der Waals surface area contributed by atoms with Gasteiger partial charge < -0.3 is 19.5 Å². The molecule has 0 saturated carbocycles. The van der Waals surface area contributed by atoms with Crippen LogP contribution >= 0.6 is 0 Å². The summed E-state index contributed by atoms with van der Waals surface area (Å²) in [6.45, 7) is 4.82. The van der Waals surface area contributed by atoms with Crippen molar-refractivity contribution in [3.63, 3.8) is 0 Å². The maximum atomic E-state index is 5.89. The van der Waals surface area contributed by atoms with E-state index < -0.39 is 0 Å². The lowest BCUT2D eigenvalue weighted by molar-refractivity contribution is 0.00801. The molecule has 0 aliphatic carbocycles. The van der Waals surface area contributed by atoms with Crippen molar-refractivity contribution >= 4 is 0 Å². The highest BCUT2D eigenvalue weighted by Gasteiger charge is 2.15. The van der Waals surface area contributed by atoms with Crippen LogP contribution < -0.4 is 14.8 Å². The van der Waals surface area contributed by atoms with Gasteiger partial charge in [0.05, 0.1) is 26.4 Å². The van der Waals surface area contributed by atoms with E-state index in [1.165, 1.54) is 0 Å². The van der Waals surface area contributed by atoms with Crippen molar-refractivity contribution in [2.45, 2.75) is 26.1 Å². The van der Waals surface area contributed by atoms with Gasteiger partial charge in [0.2, 0.25) is 0 Å². The van der Waals surface area contributed by atoms with Gasteiger partial charge in [-0.1, -0.05) is 6.07 Å². The average molecular weight is 253 g/mol. The number of methoxy groups -OCH3 is 2. The van der Waals surface area contributed by atoms with Gasteiger partial charge in [-0.15, -0.1) is 0 Å². The number of hydrogen-bond acceptors (Lipinski definition) is 4. The Balaban J connectivity index is 2.97. The smallest absolute Gasteiger partial charge is 0.161 e. The molecule has 18 heavy (non-hydrogen) atoms. The SMILES string of the molecule is CNCC(OC(C)C)c1ccc(OC)c(OC)c1. The van der Waals surface area contributed by atoms with Crippen molar-refractivity contribution in [2.24, 2.45) is 0 Å². The minimum absolute atomic E-state index is 0.00908. The van der Waals surface area contributed by atoms with Crippen LogP contribution in [0.25, 0.3) is 0 Å². The first-order valence-electron chi connectivity index (χ1n) is 6.14. The second kappa shape index (κ2) is 7.24. The van der Waals surface area contributed by atoms with E-state index in [9.17, 15) is 0 Å². The highest BCUT2D eigenvalue weighted by atomic mass is 16.5. The van der Waals surface area contributed by atoms with Crippen molar-refractivity contribution in [1.29, 1.82) is 0 Å². The van der Waals surface area contributed by atoms with Crippen LogP contribution in [0.15, 0.2) is 18.2 Å². The first kappa shape index (κ1) is 14.8. The Morgan fingerprint density at radius 1 is 1.11 bits per heavy atom. The van der Waals surface area contributed by atoms with Gasteiger partial charge in [-0.3, -0.25) is 0 Å². The summed E-state index contributed by atoms with van der Waals surface area (Å²) in [6.07, 6.45) is 0.186. The predicted molar refractivity (Wildman–Crippen MR) is 72.4 cm³/mol. The molecule has 0 amide bonds. The normalized spacial score (nSPS) is 12.6. The zero-order chi connectivity index (χ0) is 13.5. The third kappa shape index (κ3) is 3.89. The molecule has 1 N–H and O–H groups in total. The van der Waals surface area contributed by atoms with E-state index in [1.807, 2.05) is 39.1 Å². The molecule has 1 aromatic rings. The first-order valence-corrected chi connectivity index (χ1v) is 6.14. The second-order valence-electron chi connectivity index (χ2n) is 4.35. The van der Waals surface area contributed by atoms with E-state index in [2.05, 4.69) is 5.32 Å². The standard InChI is InChI=1S/C14H23NO3/c1-10(2)18-14(9-15-3)11-6-7-12(16-4)13(8-11)17-5/h6-8,10,14-15H,9H2,1-5H3. The third-order valence-electron chi connectivity index (χ3n) is 2.61. The largest absolute Gasteiger partial charge is 0.493 e. The number of likely N-dealkylation sites (N-methyl/N-ethyl adjacent to an activating group) is 1. The Morgan fingerprint density at radius 3 is 2.28 bits per heavy atom. The van der Waals surface area contributed by atoms with Crippen LogP contribution in [0.1, 0.15) is 25.5 Å². The molecule has 1 aromatic carbocycles. The van der Waals surface area contributed by atoms with Crippen LogP contribution in [-0.2, 0) is 4.74 Å². The van der Waals surface area contributed by atoms with E-state index in [0.717, 1.165) is 23.6 Å². The monoisotopic (exact) mass is 253 g/mol. The Morgan fingerprint density at radius 2 is 1.78 bits per heavy atom. The molecule has 4 nitrogen and oxygen atoms in total. The summed E-state index contributed by atoms with van der Waals surface area (Å²) in [7, 11) is 5.18. The molecular formula is C14H23NO3. The van der Waals surface area contributed by atoms with Crippen molar-refractivity contribution in [3.8, 4) is 11.5 Å². The van der Waals surface area contributed by atoms with Gasteiger partial charge in [0.25, 0.3) is 0 Å². The molecule has 0 saturated heterocycles. The van der Waals surface area contributed by atoms with E-state index in [-0.39, 0.29) is 12.2 Å². The Bertz CT molecular complexity index is 366. The zero-order valence-corrected chi connectivity index (χ0v) is 11.8. The molecule has 0 radical (unpaired) electrons. The molecule has 0 aliphatic rings. The molecule has 1 atom stereocenters. The Kier molecular flexibility index (Phi) is 5.95. The Labute approximate surface area is 109 Å². The van der Waals surface area contributed by atoms with Crippen LogP contribution in [-0.4, -0.2) is 33.9 Å². The summed E-state index contributed by atoms with van der Waals surface area (Å²) in [6, 6.07) is 5.87. The fraction of sp³-hybridized carbons (Fsp3) is 0.571. The van der Waals surface area contributed by atoms with E-state index in [4.69, 9.17) is 14.2 Å². The van der Waals surface area contributed by atoms with Gasteiger partial charge in [0, 0.05) is 6.54 Å². The highest BCUT2D eigenvalue weighted by Crippen LogP contribution is 2.31. The van der Waals surface area contributed by atoms with Crippen LogP contribution in [0, 0.1) is 0 Å². The quantitative estimate of drug-likeness (QED) is 0.810. The lowest BCUT2D eigenvalue weighted by Gasteiger charge is -2.21. The molecule has 1 rings (SSSR count). The van der Waals surface area contributed by atoms with E-state index in [1.54, 1.807) is 14.2 Å². The zero-order valence-electron chi connectivity index (χ0n) is 11.8. The third-order valence-corrected chi connectivity index (χ3v) is 2.61. The second-order valence-corrected chi connectivity index (χ2v) is 4.35. The average Bonchev–Trinajstić information content (AvgIpc) is 2.37. The van der Waals surface area contributed by atoms with Crippen molar-refractivity contribution in [1.82, 2.24) is 5.32 Å². The molecule has 102 valence electrons. The molecule has 0 aromatic heterocycles. The summed E-state index contributed by atoms with van der Waals surface area (Å²) in [5.41, 5.74) is 1.08. The predicted octanol–water partition coefficient (Wildman–Crippen LogP) is 2.39. The topological polar surface area (TPSA) is 39.7 Å². The summed E-state index contributed by atoms with van der Waals surface area (Å²) in [5.74, 6) is 1.46. The van der Waals surface area contributed by atoms with Gasteiger partial charge >= 0.3 is 0 Å². The van der Waals surface area contributed by atoms with Crippen molar-refractivity contribution in [3.05, 3.63) is 23.8 Å². The lowest BCUT2D eigenvalue weighted by atomic mass is 10.1. The summed E-state index contributed by atoms with van der Waals surface area (Å²) < 4.78 is 16.4. The molecular weight excluding hydrogens is 230 g/mol. The summed E-state index contributed by atoms with van der Waals surface area (Å²) in [4.78, 5) is 0. The number of nitrogens with one attached hydrogen (secondary N) is 1. The van der Waals surface area contributed by atoms with E-state index >= 15 is 0 Å². The van der Waals surface area contributed by atoms with Gasteiger partial charge in [-0.05, 0) is 38.6 Å². The van der Waals surface area contributed by atoms with Crippen LogP contribution in [0.2, 0.25) is 0 Å². The van der Waals surface area contributed by atoms with E-state index in [0.29, 0.717) is 0 Å². The summed E-state index contributed by atoms with van der Waals surface area (Å²) in [5, 5.41) is 3.14. The fourth-order valence-electron chi connectivity index (χ4n) is 1.81. The fourth-order valence-corrected chi connectivity index (χ4v) is 1.81. The highest BCUT2D eigenvalue weighted by molar-refractivity contribution is 5.43. The van der Waals surface area contributed by atoms with Gasteiger partial charge in [-0.2, -0.15) is 0 Å². The lowest BCUT2D eigenvalue weighted by Crippen LogP contribution is -2.22. The van der Waals surface area contributed by atoms with Crippen LogP contribution in [0.3, 0.4) is 0 Å². The van der Waals surface area contributed by atoms with Gasteiger partial charge in [0.1, 0.15) is 0 Å². The molecule has 0 aliphatic heterocycles. The Hall–Kier alpha value is -1.26. The number of ether oxygens (including phenoxy) is 3. The van der Waals surface area contributed by atoms with Crippen molar-refractivity contribution in [2.75, 3.05) is 27.8 Å². The number of benzene rings is 1. The van der Waals surface area contributed by atoms with Gasteiger partial charge in [-0.25, -0.2) is 0 Å². The molecule has 4 heteroatoms. The molecule has 0 fully saturated rings. The first-order chi connectivity index (χ1) is 8.62. The minimum Gasteiger partial charge on any atom is -0.493 e. The maximum Gasteiger partial charge on any atom is 0.161 e. The van der Waals surface area contributed by atoms with Crippen LogP contribution in [0.5, 0.6) is 11.5 Å². The minimum atomic E-state index is 0.00908. The number of rotatable bonds is 7. The number of hydrogen-bond donors (Lipinski definition) is 1.